The molecule has 1 aromatic heterocycles. The van der Waals surface area contributed by atoms with Gasteiger partial charge in [0.05, 0.1) is 10.7 Å². The summed E-state index contributed by atoms with van der Waals surface area (Å²) in [5, 5.41) is 5.01. The van der Waals surface area contributed by atoms with Gasteiger partial charge in [-0.1, -0.05) is 20.8 Å². The lowest BCUT2D eigenvalue weighted by molar-refractivity contribution is 0.464. The molecule has 0 radical (unpaired) electrons. The van der Waals surface area contributed by atoms with Gasteiger partial charge in [-0.3, -0.25) is 0 Å². The molecule has 0 spiro atoms. The standard InChI is InChI=1S/C14H24N2S/c1-4-8-15-11-6-5-7-12-14(11)17-13(16-12)9-10(2)3/h10-11,15H,4-9H2,1-3H3. The summed E-state index contributed by atoms with van der Waals surface area (Å²) in [5.74, 6) is 0.713. The maximum atomic E-state index is 4.83. The number of aryl methyl sites for hydroxylation is 1. The molecule has 0 saturated carbocycles. The molecule has 1 N–H and O–H groups in total. The van der Waals surface area contributed by atoms with Crippen LogP contribution in [-0.2, 0) is 12.8 Å². The Bertz CT molecular complexity index is 357. The van der Waals surface area contributed by atoms with Crippen LogP contribution in [0.1, 0.15) is 61.7 Å². The monoisotopic (exact) mass is 252 g/mol. The maximum absolute atomic E-state index is 4.83. The van der Waals surface area contributed by atoms with E-state index in [1.54, 1.807) is 0 Å². The van der Waals surface area contributed by atoms with Gasteiger partial charge in [-0.2, -0.15) is 0 Å². The average Bonchev–Trinajstić information content (AvgIpc) is 2.67. The predicted octanol–water partition coefficient (Wildman–Crippen LogP) is 3.72. The third-order valence-electron chi connectivity index (χ3n) is 3.22. The zero-order valence-corrected chi connectivity index (χ0v) is 12.1. The van der Waals surface area contributed by atoms with Crippen molar-refractivity contribution in [3.8, 4) is 0 Å². The molecule has 0 aromatic carbocycles. The van der Waals surface area contributed by atoms with Crippen molar-refractivity contribution >= 4 is 11.3 Å². The van der Waals surface area contributed by atoms with Gasteiger partial charge < -0.3 is 5.32 Å². The van der Waals surface area contributed by atoms with Crippen LogP contribution in [0.2, 0.25) is 0 Å². The van der Waals surface area contributed by atoms with Gasteiger partial charge in [-0.05, 0) is 38.1 Å². The Morgan fingerprint density at radius 1 is 1.47 bits per heavy atom. The van der Waals surface area contributed by atoms with E-state index in [-0.39, 0.29) is 0 Å². The second kappa shape index (κ2) is 5.96. The smallest absolute Gasteiger partial charge is 0.0934 e. The van der Waals surface area contributed by atoms with Gasteiger partial charge in [0.2, 0.25) is 0 Å². The summed E-state index contributed by atoms with van der Waals surface area (Å²) >= 11 is 1.95. The lowest BCUT2D eigenvalue weighted by Gasteiger charge is -2.22. The SMILES string of the molecule is CCCNC1CCCc2nc(CC(C)C)sc21. The average molecular weight is 252 g/mol. The fourth-order valence-corrected chi connectivity index (χ4v) is 3.86. The zero-order valence-electron chi connectivity index (χ0n) is 11.3. The third-order valence-corrected chi connectivity index (χ3v) is 4.45. The van der Waals surface area contributed by atoms with Crippen LogP contribution in [0.15, 0.2) is 0 Å². The first-order valence-electron chi connectivity index (χ1n) is 6.92. The Morgan fingerprint density at radius 3 is 3.00 bits per heavy atom. The third kappa shape index (κ3) is 3.29. The first-order chi connectivity index (χ1) is 8.20. The molecule has 0 aliphatic heterocycles. The molecule has 1 aliphatic rings. The van der Waals surface area contributed by atoms with E-state index in [1.807, 2.05) is 11.3 Å². The van der Waals surface area contributed by atoms with Gasteiger partial charge in [-0.15, -0.1) is 11.3 Å². The number of nitrogens with one attached hydrogen (secondary N) is 1. The molecule has 1 aromatic rings. The van der Waals surface area contributed by atoms with Gasteiger partial charge in [-0.25, -0.2) is 4.98 Å². The van der Waals surface area contributed by atoms with Crippen LogP contribution < -0.4 is 5.32 Å². The van der Waals surface area contributed by atoms with E-state index in [4.69, 9.17) is 4.98 Å². The molecule has 96 valence electrons. The minimum atomic E-state index is 0.581. The maximum Gasteiger partial charge on any atom is 0.0934 e. The van der Waals surface area contributed by atoms with Crippen molar-refractivity contribution in [2.45, 2.75) is 58.9 Å². The van der Waals surface area contributed by atoms with Crippen LogP contribution in [0.3, 0.4) is 0 Å². The van der Waals surface area contributed by atoms with E-state index in [1.165, 1.54) is 41.3 Å². The lowest BCUT2D eigenvalue weighted by Crippen LogP contribution is -2.24. The Hall–Kier alpha value is -0.410. The largest absolute Gasteiger partial charge is 0.309 e. The summed E-state index contributed by atoms with van der Waals surface area (Å²) in [4.78, 5) is 6.36. The van der Waals surface area contributed by atoms with Gasteiger partial charge >= 0.3 is 0 Å². The molecule has 0 amide bonds. The molecule has 2 rings (SSSR count). The molecule has 1 aliphatic carbocycles. The molecule has 2 nitrogen and oxygen atoms in total. The topological polar surface area (TPSA) is 24.9 Å². The second-order valence-electron chi connectivity index (χ2n) is 5.42. The van der Waals surface area contributed by atoms with Gasteiger partial charge in [0.15, 0.2) is 0 Å². The molecular weight excluding hydrogens is 228 g/mol. The number of nitrogens with zero attached hydrogens (tertiary/aromatic N) is 1. The normalized spacial score (nSPS) is 19.6. The van der Waals surface area contributed by atoms with E-state index in [0.717, 1.165) is 13.0 Å². The van der Waals surface area contributed by atoms with Crippen LogP contribution in [-0.4, -0.2) is 11.5 Å². The second-order valence-corrected chi connectivity index (χ2v) is 6.53. The van der Waals surface area contributed by atoms with Crippen molar-refractivity contribution in [1.29, 1.82) is 0 Å². The van der Waals surface area contributed by atoms with Crippen LogP contribution >= 0.6 is 11.3 Å². The summed E-state index contributed by atoms with van der Waals surface area (Å²) in [5.41, 5.74) is 1.38. The number of aromatic nitrogens is 1. The van der Waals surface area contributed by atoms with Gasteiger partial charge in [0.1, 0.15) is 0 Å². The highest BCUT2D eigenvalue weighted by Gasteiger charge is 2.23. The van der Waals surface area contributed by atoms with Gasteiger partial charge in [0, 0.05) is 17.3 Å². The Balaban J connectivity index is 2.10. The number of hydrogen-bond donors (Lipinski definition) is 1. The quantitative estimate of drug-likeness (QED) is 0.864. The lowest BCUT2D eigenvalue weighted by atomic mass is 9.98. The fraction of sp³-hybridized carbons (Fsp3) is 0.786. The Kier molecular flexibility index (Phi) is 4.57. The molecule has 0 bridgehead atoms. The van der Waals surface area contributed by atoms with Crippen LogP contribution in [0.4, 0.5) is 0 Å². The van der Waals surface area contributed by atoms with Gasteiger partial charge in [0.25, 0.3) is 0 Å². The summed E-state index contributed by atoms with van der Waals surface area (Å²) in [6.07, 6.45) is 6.12. The molecule has 1 unspecified atom stereocenters. The zero-order chi connectivity index (χ0) is 12.3. The van der Waals surface area contributed by atoms with Crippen molar-refractivity contribution in [1.82, 2.24) is 10.3 Å². The van der Waals surface area contributed by atoms with Crippen molar-refractivity contribution < 1.29 is 0 Å². The molecule has 1 atom stereocenters. The first kappa shape index (κ1) is 13.0. The minimum Gasteiger partial charge on any atom is -0.309 e. The Labute approximate surface area is 109 Å². The molecule has 3 heteroatoms. The number of fused-ring (bicyclic) bond motifs is 1. The summed E-state index contributed by atoms with van der Waals surface area (Å²) < 4.78 is 0. The molecule has 1 heterocycles. The summed E-state index contributed by atoms with van der Waals surface area (Å²) in [7, 11) is 0. The molecule has 0 saturated heterocycles. The number of hydrogen-bond acceptors (Lipinski definition) is 3. The van der Waals surface area contributed by atoms with E-state index in [9.17, 15) is 0 Å². The molecule has 17 heavy (non-hydrogen) atoms. The first-order valence-corrected chi connectivity index (χ1v) is 7.74. The highest BCUT2D eigenvalue weighted by Crippen LogP contribution is 2.34. The Morgan fingerprint density at radius 2 is 2.29 bits per heavy atom. The van der Waals surface area contributed by atoms with E-state index in [0.29, 0.717) is 12.0 Å². The summed E-state index contributed by atoms with van der Waals surface area (Å²) in [6.45, 7) is 7.90. The van der Waals surface area contributed by atoms with Crippen LogP contribution in [0.5, 0.6) is 0 Å². The molecule has 0 fully saturated rings. The summed E-state index contributed by atoms with van der Waals surface area (Å²) in [6, 6.07) is 0.581. The van der Waals surface area contributed by atoms with Crippen LogP contribution in [0.25, 0.3) is 0 Å². The minimum absolute atomic E-state index is 0.581. The highest BCUT2D eigenvalue weighted by molar-refractivity contribution is 7.11. The number of thiazole rings is 1. The van der Waals surface area contributed by atoms with Crippen molar-refractivity contribution in [2.75, 3.05) is 6.54 Å². The number of rotatable bonds is 5. The van der Waals surface area contributed by atoms with E-state index < -0.39 is 0 Å². The van der Waals surface area contributed by atoms with Crippen molar-refractivity contribution in [3.63, 3.8) is 0 Å². The molecular formula is C14H24N2S. The van der Waals surface area contributed by atoms with E-state index in [2.05, 4.69) is 26.1 Å². The van der Waals surface area contributed by atoms with Crippen molar-refractivity contribution in [2.24, 2.45) is 5.92 Å². The van der Waals surface area contributed by atoms with E-state index >= 15 is 0 Å². The highest BCUT2D eigenvalue weighted by atomic mass is 32.1. The van der Waals surface area contributed by atoms with Crippen molar-refractivity contribution in [3.05, 3.63) is 15.6 Å². The predicted molar refractivity (Wildman–Crippen MR) is 74.6 cm³/mol. The fourth-order valence-electron chi connectivity index (χ4n) is 2.42. The van der Waals surface area contributed by atoms with Crippen LogP contribution in [0, 0.1) is 5.92 Å².